The molecule has 1 atom stereocenters. The largest absolute Gasteiger partial charge is 0.493 e. The first-order valence-corrected chi connectivity index (χ1v) is 8.86. The standard InChI is InChI=1S/C19H29N3O4/c1-13(2)21(3)17(23)11-15-19(24)20-9-10-22(15)12-14-7-6-8-16(25-4)18(14)26-5/h6-8,13,15H,9-12H2,1-5H3,(H,20,24). The summed E-state index contributed by atoms with van der Waals surface area (Å²) >= 11 is 0. The van der Waals surface area contributed by atoms with Crippen molar-refractivity contribution >= 4 is 11.8 Å². The molecular formula is C19H29N3O4. The quantitative estimate of drug-likeness (QED) is 0.790. The van der Waals surface area contributed by atoms with E-state index in [1.165, 1.54) is 0 Å². The number of para-hydroxylation sites is 1. The van der Waals surface area contributed by atoms with Crippen LogP contribution in [0.1, 0.15) is 25.8 Å². The number of piperazine rings is 1. The summed E-state index contributed by atoms with van der Waals surface area (Å²) in [5, 5.41) is 2.87. The van der Waals surface area contributed by atoms with Gasteiger partial charge in [0.15, 0.2) is 11.5 Å². The highest BCUT2D eigenvalue weighted by Crippen LogP contribution is 2.32. The van der Waals surface area contributed by atoms with Crippen LogP contribution in [-0.4, -0.2) is 68.1 Å². The molecule has 0 spiro atoms. The predicted molar refractivity (Wildman–Crippen MR) is 99.3 cm³/mol. The third-order valence-electron chi connectivity index (χ3n) is 4.84. The van der Waals surface area contributed by atoms with E-state index in [1.54, 1.807) is 26.2 Å². The summed E-state index contributed by atoms with van der Waals surface area (Å²) in [7, 11) is 4.96. The second-order valence-electron chi connectivity index (χ2n) is 6.73. The molecule has 1 aromatic carbocycles. The molecule has 1 fully saturated rings. The van der Waals surface area contributed by atoms with Gasteiger partial charge in [0, 0.05) is 38.3 Å². The molecule has 7 heteroatoms. The molecule has 26 heavy (non-hydrogen) atoms. The maximum atomic E-state index is 12.5. The number of amides is 2. The van der Waals surface area contributed by atoms with Crippen LogP contribution in [0.3, 0.4) is 0 Å². The predicted octanol–water partition coefficient (Wildman–Crippen LogP) is 1.26. The van der Waals surface area contributed by atoms with Gasteiger partial charge in [-0.15, -0.1) is 0 Å². The molecule has 0 bridgehead atoms. The number of methoxy groups -OCH3 is 2. The monoisotopic (exact) mass is 363 g/mol. The van der Waals surface area contributed by atoms with E-state index in [0.29, 0.717) is 31.1 Å². The third-order valence-corrected chi connectivity index (χ3v) is 4.84. The summed E-state index contributed by atoms with van der Waals surface area (Å²) in [6.45, 7) is 5.66. The number of nitrogens with zero attached hydrogens (tertiary/aromatic N) is 2. The average Bonchev–Trinajstić information content (AvgIpc) is 2.63. The van der Waals surface area contributed by atoms with Crippen molar-refractivity contribution < 1.29 is 19.1 Å². The molecule has 1 N–H and O–H groups in total. The molecule has 0 radical (unpaired) electrons. The summed E-state index contributed by atoms with van der Waals surface area (Å²) in [6.07, 6.45) is 0.160. The molecule has 1 unspecified atom stereocenters. The number of benzene rings is 1. The van der Waals surface area contributed by atoms with Crippen molar-refractivity contribution in [3.05, 3.63) is 23.8 Å². The van der Waals surface area contributed by atoms with Crippen molar-refractivity contribution in [3.63, 3.8) is 0 Å². The first kappa shape index (κ1) is 20.0. The molecular weight excluding hydrogens is 334 g/mol. The average molecular weight is 363 g/mol. The van der Waals surface area contributed by atoms with E-state index in [0.717, 1.165) is 5.56 Å². The summed E-state index contributed by atoms with van der Waals surface area (Å²) < 4.78 is 10.8. The van der Waals surface area contributed by atoms with Gasteiger partial charge in [0.1, 0.15) is 0 Å². The molecule has 7 nitrogen and oxygen atoms in total. The number of carbonyl (C=O) groups excluding carboxylic acids is 2. The fraction of sp³-hybridized carbons (Fsp3) is 0.579. The topological polar surface area (TPSA) is 71.1 Å². The fourth-order valence-electron chi connectivity index (χ4n) is 3.07. The van der Waals surface area contributed by atoms with E-state index in [1.807, 2.05) is 36.9 Å². The van der Waals surface area contributed by atoms with Crippen LogP contribution in [0.2, 0.25) is 0 Å². The number of ether oxygens (including phenoxy) is 2. The molecule has 144 valence electrons. The van der Waals surface area contributed by atoms with Gasteiger partial charge in [-0.2, -0.15) is 0 Å². The van der Waals surface area contributed by atoms with Crippen LogP contribution in [0, 0.1) is 0 Å². The Morgan fingerprint density at radius 1 is 1.35 bits per heavy atom. The van der Waals surface area contributed by atoms with E-state index in [2.05, 4.69) is 5.32 Å². The Morgan fingerprint density at radius 3 is 2.69 bits per heavy atom. The van der Waals surface area contributed by atoms with Crippen LogP contribution in [0.5, 0.6) is 11.5 Å². The highest BCUT2D eigenvalue weighted by molar-refractivity contribution is 5.88. The molecule has 1 saturated heterocycles. The number of hydrogen-bond acceptors (Lipinski definition) is 5. The van der Waals surface area contributed by atoms with E-state index >= 15 is 0 Å². The first-order chi connectivity index (χ1) is 12.4. The first-order valence-electron chi connectivity index (χ1n) is 8.86. The normalized spacial score (nSPS) is 17.8. The lowest BCUT2D eigenvalue weighted by Gasteiger charge is -2.36. The maximum Gasteiger partial charge on any atom is 0.237 e. The number of carbonyl (C=O) groups is 2. The number of hydrogen-bond donors (Lipinski definition) is 1. The smallest absolute Gasteiger partial charge is 0.237 e. The molecule has 2 rings (SSSR count). The highest BCUT2D eigenvalue weighted by atomic mass is 16.5. The second-order valence-corrected chi connectivity index (χ2v) is 6.73. The Hall–Kier alpha value is -2.28. The Bertz CT molecular complexity index is 648. The van der Waals surface area contributed by atoms with Crippen molar-refractivity contribution in [2.75, 3.05) is 34.4 Å². The van der Waals surface area contributed by atoms with Gasteiger partial charge >= 0.3 is 0 Å². The Kier molecular flexibility index (Phi) is 6.85. The van der Waals surface area contributed by atoms with Gasteiger partial charge in [0.25, 0.3) is 0 Å². The maximum absolute atomic E-state index is 12.5. The third kappa shape index (κ3) is 4.46. The molecule has 1 heterocycles. The van der Waals surface area contributed by atoms with Gasteiger partial charge in [-0.1, -0.05) is 12.1 Å². The minimum atomic E-state index is -0.492. The molecule has 0 saturated carbocycles. The molecule has 1 aromatic rings. The number of rotatable bonds is 7. The summed E-state index contributed by atoms with van der Waals surface area (Å²) in [5.74, 6) is 1.16. The van der Waals surface area contributed by atoms with E-state index < -0.39 is 6.04 Å². The zero-order valence-corrected chi connectivity index (χ0v) is 16.2. The summed E-state index contributed by atoms with van der Waals surface area (Å²) in [5.41, 5.74) is 0.927. The van der Waals surface area contributed by atoms with Crippen LogP contribution in [0.15, 0.2) is 18.2 Å². The zero-order chi connectivity index (χ0) is 19.3. The number of nitrogens with one attached hydrogen (secondary N) is 1. The minimum Gasteiger partial charge on any atom is -0.493 e. The lowest BCUT2D eigenvalue weighted by molar-refractivity contribution is -0.139. The minimum absolute atomic E-state index is 0.0374. The Labute approximate surface area is 155 Å². The van der Waals surface area contributed by atoms with Gasteiger partial charge < -0.3 is 19.7 Å². The Balaban J connectivity index is 2.21. The molecule has 2 amide bonds. The molecule has 0 aliphatic carbocycles. The highest BCUT2D eigenvalue weighted by Gasteiger charge is 2.33. The summed E-state index contributed by atoms with van der Waals surface area (Å²) in [4.78, 5) is 28.6. The lowest BCUT2D eigenvalue weighted by atomic mass is 10.1. The SMILES string of the molecule is COc1cccc(CN2CCNC(=O)C2CC(=O)N(C)C(C)C)c1OC. The van der Waals surface area contributed by atoms with Crippen molar-refractivity contribution in [3.8, 4) is 11.5 Å². The molecule has 1 aliphatic heterocycles. The van der Waals surface area contributed by atoms with Crippen LogP contribution in [0.25, 0.3) is 0 Å². The van der Waals surface area contributed by atoms with Crippen LogP contribution >= 0.6 is 0 Å². The van der Waals surface area contributed by atoms with Crippen LogP contribution in [0.4, 0.5) is 0 Å². The van der Waals surface area contributed by atoms with E-state index in [4.69, 9.17) is 9.47 Å². The Morgan fingerprint density at radius 2 is 2.08 bits per heavy atom. The molecule has 0 aromatic heterocycles. The van der Waals surface area contributed by atoms with Crippen LogP contribution < -0.4 is 14.8 Å². The van der Waals surface area contributed by atoms with Crippen molar-refractivity contribution in [1.29, 1.82) is 0 Å². The van der Waals surface area contributed by atoms with Gasteiger partial charge in [0.05, 0.1) is 26.7 Å². The van der Waals surface area contributed by atoms with Crippen molar-refractivity contribution in [2.24, 2.45) is 0 Å². The fourth-order valence-corrected chi connectivity index (χ4v) is 3.07. The van der Waals surface area contributed by atoms with Crippen LogP contribution in [-0.2, 0) is 16.1 Å². The summed E-state index contributed by atoms with van der Waals surface area (Å²) in [6, 6.07) is 5.29. The van der Waals surface area contributed by atoms with Gasteiger partial charge in [0.2, 0.25) is 11.8 Å². The van der Waals surface area contributed by atoms with Crippen molar-refractivity contribution in [1.82, 2.24) is 15.1 Å². The van der Waals surface area contributed by atoms with Gasteiger partial charge in [-0.05, 0) is 19.9 Å². The van der Waals surface area contributed by atoms with Crippen molar-refractivity contribution in [2.45, 2.75) is 38.9 Å². The second kappa shape index (κ2) is 8.89. The molecule has 1 aliphatic rings. The zero-order valence-electron chi connectivity index (χ0n) is 16.2. The lowest BCUT2D eigenvalue weighted by Crippen LogP contribution is -2.56. The van der Waals surface area contributed by atoms with E-state index in [9.17, 15) is 9.59 Å². The van der Waals surface area contributed by atoms with E-state index in [-0.39, 0.29) is 24.3 Å². The van der Waals surface area contributed by atoms with Gasteiger partial charge in [-0.3, -0.25) is 14.5 Å². The van der Waals surface area contributed by atoms with Gasteiger partial charge in [-0.25, -0.2) is 0 Å².